The molecule has 3 aromatic rings. The molecular weight excluding hydrogens is 264 g/mol. The van der Waals surface area contributed by atoms with Crippen LogP contribution in [-0.2, 0) is 0 Å². The summed E-state index contributed by atoms with van der Waals surface area (Å²) in [6.45, 7) is 4.17. The number of nitrogens with one attached hydrogen (secondary N) is 1. The predicted octanol–water partition coefficient (Wildman–Crippen LogP) is 3.61. The highest BCUT2D eigenvalue weighted by Crippen LogP contribution is 2.26. The number of hydrogen-bond donors (Lipinski definition) is 1. The normalized spacial score (nSPS) is 12.1. The van der Waals surface area contributed by atoms with Crippen LogP contribution in [0.2, 0.25) is 0 Å². The summed E-state index contributed by atoms with van der Waals surface area (Å²) in [5, 5.41) is 11.1. The van der Waals surface area contributed by atoms with Crippen LogP contribution >= 0.6 is 0 Å². The van der Waals surface area contributed by atoms with Gasteiger partial charge in [0.05, 0.1) is 6.04 Å². The molecule has 106 valence electrons. The molecule has 0 aliphatic heterocycles. The molecule has 0 aliphatic carbocycles. The van der Waals surface area contributed by atoms with E-state index in [1.54, 1.807) is 6.20 Å². The van der Waals surface area contributed by atoms with Crippen LogP contribution in [0.3, 0.4) is 0 Å². The minimum Gasteiger partial charge on any atom is -0.423 e. The lowest BCUT2D eigenvalue weighted by molar-refractivity contribution is 0.568. The SMILES string of the molecule is Cc1cc(-c2nnco2)ccc1NC(C)c1cccnc1. The molecule has 1 unspecified atom stereocenters. The monoisotopic (exact) mass is 280 g/mol. The summed E-state index contributed by atoms with van der Waals surface area (Å²) in [7, 11) is 0. The zero-order chi connectivity index (χ0) is 14.7. The number of pyridine rings is 1. The molecule has 0 aliphatic rings. The van der Waals surface area contributed by atoms with E-state index in [4.69, 9.17) is 4.42 Å². The third-order valence-corrected chi connectivity index (χ3v) is 3.39. The Morgan fingerprint density at radius 2 is 2.14 bits per heavy atom. The fourth-order valence-electron chi connectivity index (χ4n) is 2.21. The lowest BCUT2D eigenvalue weighted by Gasteiger charge is -2.17. The summed E-state index contributed by atoms with van der Waals surface area (Å²) in [6, 6.07) is 10.2. The lowest BCUT2D eigenvalue weighted by atomic mass is 10.1. The Balaban J connectivity index is 1.80. The van der Waals surface area contributed by atoms with Crippen LogP contribution in [0.5, 0.6) is 0 Å². The first-order chi connectivity index (χ1) is 10.2. The van der Waals surface area contributed by atoms with Gasteiger partial charge in [0.1, 0.15) is 0 Å². The average molecular weight is 280 g/mol. The van der Waals surface area contributed by atoms with Crippen molar-refractivity contribution in [1.29, 1.82) is 0 Å². The molecule has 0 saturated carbocycles. The molecule has 2 heterocycles. The van der Waals surface area contributed by atoms with Crippen molar-refractivity contribution in [3.8, 4) is 11.5 Å². The first-order valence-electron chi connectivity index (χ1n) is 6.77. The molecule has 1 aromatic carbocycles. The van der Waals surface area contributed by atoms with Gasteiger partial charge in [0.2, 0.25) is 12.3 Å². The van der Waals surface area contributed by atoms with Gasteiger partial charge < -0.3 is 9.73 Å². The number of rotatable bonds is 4. The van der Waals surface area contributed by atoms with E-state index in [-0.39, 0.29) is 6.04 Å². The Kier molecular flexibility index (Phi) is 3.64. The van der Waals surface area contributed by atoms with E-state index in [1.807, 2.05) is 30.5 Å². The number of aromatic nitrogens is 3. The van der Waals surface area contributed by atoms with Crippen LogP contribution < -0.4 is 5.32 Å². The highest BCUT2D eigenvalue weighted by Gasteiger charge is 2.09. The van der Waals surface area contributed by atoms with Gasteiger partial charge in [-0.2, -0.15) is 0 Å². The van der Waals surface area contributed by atoms with Crippen molar-refractivity contribution in [1.82, 2.24) is 15.2 Å². The summed E-state index contributed by atoms with van der Waals surface area (Å²) in [4.78, 5) is 4.15. The number of anilines is 1. The number of benzene rings is 1. The first-order valence-corrected chi connectivity index (χ1v) is 6.77. The maximum Gasteiger partial charge on any atom is 0.247 e. The van der Waals surface area contributed by atoms with Crippen molar-refractivity contribution in [2.45, 2.75) is 19.9 Å². The Hall–Kier alpha value is -2.69. The predicted molar refractivity (Wildman–Crippen MR) is 80.7 cm³/mol. The highest BCUT2D eigenvalue weighted by molar-refractivity contribution is 5.62. The van der Waals surface area contributed by atoms with Gasteiger partial charge in [0.25, 0.3) is 0 Å². The highest BCUT2D eigenvalue weighted by atomic mass is 16.4. The average Bonchev–Trinajstić information content (AvgIpc) is 3.04. The molecule has 0 amide bonds. The van der Waals surface area contributed by atoms with Crippen LogP contribution in [0.1, 0.15) is 24.1 Å². The van der Waals surface area contributed by atoms with Gasteiger partial charge >= 0.3 is 0 Å². The van der Waals surface area contributed by atoms with Crippen molar-refractivity contribution in [2.24, 2.45) is 0 Å². The van der Waals surface area contributed by atoms with Gasteiger partial charge in [-0.05, 0) is 49.2 Å². The fourth-order valence-corrected chi connectivity index (χ4v) is 2.21. The summed E-state index contributed by atoms with van der Waals surface area (Å²) in [5.41, 5.74) is 4.28. The third kappa shape index (κ3) is 2.91. The molecule has 21 heavy (non-hydrogen) atoms. The van der Waals surface area contributed by atoms with Gasteiger partial charge in [-0.3, -0.25) is 4.98 Å². The molecule has 2 aromatic heterocycles. The Morgan fingerprint density at radius 1 is 1.24 bits per heavy atom. The van der Waals surface area contributed by atoms with E-state index in [2.05, 4.69) is 40.4 Å². The van der Waals surface area contributed by atoms with Crippen molar-refractivity contribution in [3.05, 3.63) is 60.2 Å². The van der Waals surface area contributed by atoms with Crippen LogP contribution in [0.15, 0.2) is 53.5 Å². The molecular formula is C16H16N4O. The summed E-state index contributed by atoms with van der Waals surface area (Å²) in [5.74, 6) is 0.532. The quantitative estimate of drug-likeness (QED) is 0.790. The summed E-state index contributed by atoms with van der Waals surface area (Å²) >= 11 is 0. The van der Waals surface area contributed by atoms with Crippen molar-refractivity contribution in [2.75, 3.05) is 5.32 Å². The number of hydrogen-bond acceptors (Lipinski definition) is 5. The molecule has 5 heteroatoms. The molecule has 3 rings (SSSR count). The third-order valence-electron chi connectivity index (χ3n) is 3.39. The standard InChI is InChI=1S/C16H16N4O/c1-11-8-13(16-20-18-10-21-16)5-6-15(11)19-12(2)14-4-3-7-17-9-14/h3-10,12,19H,1-2H3. The Labute approximate surface area is 123 Å². The van der Waals surface area contributed by atoms with Crippen molar-refractivity contribution < 1.29 is 4.42 Å². The largest absolute Gasteiger partial charge is 0.423 e. The topological polar surface area (TPSA) is 63.8 Å². The second kappa shape index (κ2) is 5.75. The number of nitrogens with zero attached hydrogens (tertiary/aromatic N) is 3. The van der Waals surface area contributed by atoms with Crippen molar-refractivity contribution in [3.63, 3.8) is 0 Å². The Morgan fingerprint density at radius 3 is 2.81 bits per heavy atom. The van der Waals surface area contributed by atoms with E-state index < -0.39 is 0 Å². The molecule has 0 spiro atoms. The molecule has 5 nitrogen and oxygen atoms in total. The molecule has 1 N–H and O–H groups in total. The molecule has 1 atom stereocenters. The minimum atomic E-state index is 0.187. The van der Waals surface area contributed by atoms with Crippen molar-refractivity contribution >= 4 is 5.69 Å². The van der Waals surface area contributed by atoms with Gasteiger partial charge in [-0.25, -0.2) is 0 Å². The lowest BCUT2D eigenvalue weighted by Crippen LogP contribution is -2.07. The minimum absolute atomic E-state index is 0.187. The number of aryl methyl sites for hydroxylation is 1. The second-order valence-corrected chi connectivity index (χ2v) is 4.93. The summed E-state index contributed by atoms with van der Waals surface area (Å²) in [6.07, 6.45) is 4.99. The molecule has 0 radical (unpaired) electrons. The molecule has 0 bridgehead atoms. The summed E-state index contributed by atoms with van der Waals surface area (Å²) < 4.78 is 5.21. The first kappa shape index (κ1) is 13.3. The van der Waals surface area contributed by atoms with Crippen LogP contribution in [-0.4, -0.2) is 15.2 Å². The zero-order valence-corrected chi connectivity index (χ0v) is 11.9. The van der Waals surface area contributed by atoms with Crippen LogP contribution in [0.4, 0.5) is 5.69 Å². The second-order valence-electron chi connectivity index (χ2n) is 4.93. The maximum absolute atomic E-state index is 5.21. The molecule has 0 fully saturated rings. The smallest absolute Gasteiger partial charge is 0.247 e. The van der Waals surface area contributed by atoms with Gasteiger partial charge in [0, 0.05) is 23.6 Å². The van der Waals surface area contributed by atoms with E-state index in [0.717, 1.165) is 22.4 Å². The van der Waals surface area contributed by atoms with Gasteiger partial charge in [-0.15, -0.1) is 10.2 Å². The Bertz CT molecular complexity index is 710. The van der Waals surface area contributed by atoms with Crippen LogP contribution in [0, 0.1) is 6.92 Å². The van der Waals surface area contributed by atoms with E-state index in [9.17, 15) is 0 Å². The zero-order valence-electron chi connectivity index (χ0n) is 11.9. The van der Waals surface area contributed by atoms with E-state index in [1.165, 1.54) is 6.39 Å². The van der Waals surface area contributed by atoms with E-state index >= 15 is 0 Å². The van der Waals surface area contributed by atoms with Gasteiger partial charge in [-0.1, -0.05) is 6.07 Å². The fraction of sp³-hybridized carbons (Fsp3) is 0.188. The van der Waals surface area contributed by atoms with Crippen LogP contribution in [0.25, 0.3) is 11.5 Å². The molecule has 0 saturated heterocycles. The van der Waals surface area contributed by atoms with Gasteiger partial charge in [0.15, 0.2) is 0 Å². The maximum atomic E-state index is 5.21. The van der Waals surface area contributed by atoms with E-state index in [0.29, 0.717) is 5.89 Å².